The number of likely N-dealkylation sites (N-methyl/N-ethyl adjacent to an activating group) is 1. The summed E-state index contributed by atoms with van der Waals surface area (Å²) in [6, 6.07) is 3.23. The van der Waals surface area contributed by atoms with Crippen molar-refractivity contribution < 1.29 is 13.5 Å². The second-order valence-electron chi connectivity index (χ2n) is 3.19. The van der Waals surface area contributed by atoms with Gasteiger partial charge in [-0.05, 0) is 35.0 Å². The van der Waals surface area contributed by atoms with Gasteiger partial charge < -0.3 is 5.11 Å². The molecule has 7 heteroatoms. The number of rotatable bonds is 4. The number of nitrogens with zero attached hydrogens (tertiary/aromatic N) is 1. The average molecular weight is 314 g/mol. The molecule has 15 heavy (non-hydrogen) atoms. The van der Waals surface area contributed by atoms with Gasteiger partial charge in [0.15, 0.2) is 0 Å². The van der Waals surface area contributed by atoms with Crippen LogP contribution in [0, 0.1) is 0 Å². The van der Waals surface area contributed by atoms with Crippen LogP contribution in [0.2, 0.25) is 0 Å². The van der Waals surface area contributed by atoms with Gasteiger partial charge in [0.2, 0.25) is 0 Å². The van der Waals surface area contributed by atoms with Gasteiger partial charge in [0.1, 0.15) is 4.21 Å². The minimum Gasteiger partial charge on any atom is -0.392 e. The lowest BCUT2D eigenvalue weighted by atomic mass is 10.4. The molecular weight excluding hydrogens is 302 g/mol. The first kappa shape index (κ1) is 13.1. The van der Waals surface area contributed by atoms with Crippen LogP contribution in [0.4, 0.5) is 0 Å². The number of thiophene rings is 1. The molecule has 0 aliphatic heterocycles. The molecule has 0 aliphatic rings. The molecule has 1 N–H and O–H groups in total. The number of hydrogen-bond donors (Lipinski definition) is 1. The Balaban J connectivity index is 2.93. The van der Waals surface area contributed by atoms with Crippen LogP contribution in [0.3, 0.4) is 0 Å². The van der Waals surface area contributed by atoms with Crippen LogP contribution in [-0.4, -0.2) is 37.5 Å². The van der Waals surface area contributed by atoms with Crippen molar-refractivity contribution in [3.05, 3.63) is 15.9 Å². The molecule has 1 heterocycles. The van der Waals surface area contributed by atoms with E-state index in [4.69, 9.17) is 5.11 Å². The third-order valence-electron chi connectivity index (χ3n) is 1.73. The highest BCUT2D eigenvalue weighted by molar-refractivity contribution is 9.11. The molecule has 1 aromatic heterocycles. The Labute approximate surface area is 102 Å². The predicted octanol–water partition coefficient (Wildman–Crippen LogP) is 1.51. The summed E-state index contributed by atoms with van der Waals surface area (Å²) in [5.74, 6) is 0. The Hall–Kier alpha value is 0.0500. The van der Waals surface area contributed by atoms with Gasteiger partial charge in [-0.1, -0.05) is 0 Å². The fourth-order valence-corrected chi connectivity index (χ4v) is 4.53. The van der Waals surface area contributed by atoms with Crippen LogP contribution in [0.5, 0.6) is 0 Å². The van der Waals surface area contributed by atoms with E-state index in [1.54, 1.807) is 19.1 Å². The highest BCUT2D eigenvalue weighted by Gasteiger charge is 2.23. The molecule has 4 nitrogen and oxygen atoms in total. The molecule has 1 aromatic rings. The number of halogens is 1. The second kappa shape index (κ2) is 4.92. The first-order valence-electron chi connectivity index (χ1n) is 4.24. The molecule has 0 aromatic carbocycles. The molecule has 0 radical (unpaired) electrons. The Kier molecular flexibility index (Phi) is 4.30. The lowest BCUT2D eigenvalue weighted by Crippen LogP contribution is -2.32. The van der Waals surface area contributed by atoms with Gasteiger partial charge in [-0.2, -0.15) is 4.31 Å². The van der Waals surface area contributed by atoms with Crippen molar-refractivity contribution in [2.75, 3.05) is 13.6 Å². The molecular formula is C8H12BrNO3S2. The lowest BCUT2D eigenvalue weighted by molar-refractivity contribution is 0.171. The minimum absolute atomic E-state index is 0.0951. The van der Waals surface area contributed by atoms with Crippen molar-refractivity contribution in [1.82, 2.24) is 4.31 Å². The summed E-state index contributed by atoms with van der Waals surface area (Å²) in [5, 5.41) is 9.13. The van der Waals surface area contributed by atoms with Crippen molar-refractivity contribution in [3.8, 4) is 0 Å². The number of aliphatic hydroxyl groups excluding tert-OH is 1. The Morgan fingerprint density at radius 2 is 2.20 bits per heavy atom. The SMILES string of the molecule is C[C@H](O)CN(C)S(=O)(=O)c1ccc(Br)s1. The zero-order valence-corrected chi connectivity index (χ0v) is 11.6. The van der Waals surface area contributed by atoms with Gasteiger partial charge in [0, 0.05) is 13.6 Å². The molecule has 0 bridgehead atoms. The largest absolute Gasteiger partial charge is 0.392 e. The predicted molar refractivity (Wildman–Crippen MR) is 63.5 cm³/mol. The summed E-state index contributed by atoms with van der Waals surface area (Å²) in [6.45, 7) is 1.65. The van der Waals surface area contributed by atoms with Gasteiger partial charge in [0.25, 0.3) is 10.0 Å². The highest BCUT2D eigenvalue weighted by Crippen LogP contribution is 2.27. The van der Waals surface area contributed by atoms with E-state index in [-0.39, 0.29) is 10.8 Å². The third kappa shape index (κ3) is 3.25. The van der Waals surface area contributed by atoms with E-state index < -0.39 is 16.1 Å². The number of hydrogen-bond acceptors (Lipinski definition) is 4. The first-order valence-corrected chi connectivity index (χ1v) is 7.28. The first-order chi connectivity index (χ1) is 6.84. The molecule has 0 saturated carbocycles. The summed E-state index contributed by atoms with van der Waals surface area (Å²) in [5.41, 5.74) is 0. The Morgan fingerprint density at radius 1 is 1.60 bits per heavy atom. The standard InChI is InChI=1S/C8H12BrNO3S2/c1-6(11)5-10(2)15(12,13)8-4-3-7(9)14-8/h3-4,6,11H,5H2,1-2H3/t6-/m0/s1. The monoisotopic (exact) mass is 313 g/mol. The van der Waals surface area contributed by atoms with Gasteiger partial charge in [-0.3, -0.25) is 0 Å². The van der Waals surface area contributed by atoms with Crippen LogP contribution >= 0.6 is 27.3 Å². The summed E-state index contributed by atoms with van der Waals surface area (Å²) in [6.07, 6.45) is -0.673. The van der Waals surface area contributed by atoms with Crippen LogP contribution < -0.4 is 0 Å². The fraction of sp³-hybridized carbons (Fsp3) is 0.500. The maximum atomic E-state index is 11.9. The van der Waals surface area contributed by atoms with E-state index >= 15 is 0 Å². The molecule has 0 saturated heterocycles. The molecule has 0 fully saturated rings. The smallest absolute Gasteiger partial charge is 0.252 e. The van der Waals surface area contributed by atoms with Gasteiger partial charge in [-0.15, -0.1) is 11.3 Å². The zero-order valence-electron chi connectivity index (χ0n) is 8.34. The second-order valence-corrected chi connectivity index (χ2v) is 7.93. The van der Waals surface area contributed by atoms with Crippen molar-refractivity contribution in [3.63, 3.8) is 0 Å². The van der Waals surface area contributed by atoms with E-state index in [9.17, 15) is 8.42 Å². The van der Waals surface area contributed by atoms with E-state index in [1.165, 1.54) is 7.05 Å². The van der Waals surface area contributed by atoms with E-state index in [0.717, 1.165) is 19.4 Å². The van der Waals surface area contributed by atoms with Crippen molar-refractivity contribution >= 4 is 37.3 Å². The van der Waals surface area contributed by atoms with Crippen molar-refractivity contribution in [2.45, 2.75) is 17.2 Å². The fourth-order valence-electron chi connectivity index (χ4n) is 1.06. The van der Waals surface area contributed by atoms with E-state index in [1.807, 2.05) is 0 Å². The molecule has 1 rings (SSSR count). The third-order valence-corrected chi connectivity index (χ3v) is 5.65. The van der Waals surface area contributed by atoms with Crippen LogP contribution in [0.25, 0.3) is 0 Å². The maximum Gasteiger partial charge on any atom is 0.252 e. The minimum atomic E-state index is -3.45. The van der Waals surface area contributed by atoms with Crippen molar-refractivity contribution in [2.24, 2.45) is 0 Å². The highest BCUT2D eigenvalue weighted by atomic mass is 79.9. The summed E-state index contributed by atoms with van der Waals surface area (Å²) in [4.78, 5) is 0. The summed E-state index contributed by atoms with van der Waals surface area (Å²) >= 11 is 4.37. The topological polar surface area (TPSA) is 57.6 Å². The summed E-state index contributed by atoms with van der Waals surface area (Å²) in [7, 11) is -2.00. The summed E-state index contributed by atoms with van der Waals surface area (Å²) < 4.78 is 26.0. The zero-order chi connectivity index (χ0) is 11.6. The maximum absolute atomic E-state index is 11.9. The molecule has 0 aliphatic carbocycles. The van der Waals surface area contributed by atoms with Gasteiger partial charge in [0.05, 0.1) is 9.89 Å². The average Bonchev–Trinajstić information content (AvgIpc) is 2.50. The van der Waals surface area contributed by atoms with Crippen LogP contribution in [0.15, 0.2) is 20.1 Å². The Bertz CT molecular complexity index is 427. The molecule has 1 atom stereocenters. The van der Waals surface area contributed by atoms with E-state index in [2.05, 4.69) is 15.9 Å². The normalized spacial score (nSPS) is 14.5. The number of sulfonamides is 1. The van der Waals surface area contributed by atoms with E-state index in [0.29, 0.717) is 0 Å². The van der Waals surface area contributed by atoms with Gasteiger partial charge in [-0.25, -0.2) is 8.42 Å². The van der Waals surface area contributed by atoms with Crippen LogP contribution in [-0.2, 0) is 10.0 Å². The van der Waals surface area contributed by atoms with Crippen molar-refractivity contribution in [1.29, 1.82) is 0 Å². The molecule has 0 unspecified atom stereocenters. The van der Waals surface area contributed by atoms with Gasteiger partial charge >= 0.3 is 0 Å². The lowest BCUT2D eigenvalue weighted by Gasteiger charge is -2.17. The molecule has 0 spiro atoms. The Morgan fingerprint density at radius 3 is 2.60 bits per heavy atom. The molecule has 0 amide bonds. The van der Waals surface area contributed by atoms with Crippen LogP contribution in [0.1, 0.15) is 6.92 Å². The molecule has 86 valence electrons. The quantitative estimate of drug-likeness (QED) is 0.916. The number of aliphatic hydroxyl groups is 1.